The van der Waals surface area contributed by atoms with Crippen molar-refractivity contribution in [3.8, 4) is 0 Å². The van der Waals surface area contributed by atoms with Crippen LogP contribution in [0.25, 0.3) is 0 Å². The van der Waals surface area contributed by atoms with Gasteiger partial charge in [-0.25, -0.2) is 4.98 Å². The zero-order chi connectivity index (χ0) is 19.2. The summed E-state index contributed by atoms with van der Waals surface area (Å²) in [7, 11) is 0. The van der Waals surface area contributed by atoms with E-state index in [1.165, 1.54) is 23.1 Å². The van der Waals surface area contributed by atoms with Gasteiger partial charge in [0.05, 0.1) is 6.04 Å². The molecule has 1 aromatic heterocycles. The number of carbonyl (C=O) groups is 1. The highest BCUT2D eigenvalue weighted by Gasteiger charge is 2.31. The largest absolute Gasteiger partial charge is 0.333 e. The number of aryl methyl sites for hydroxylation is 3. The highest BCUT2D eigenvalue weighted by atomic mass is 35.5. The van der Waals surface area contributed by atoms with Gasteiger partial charge in [0.2, 0.25) is 5.91 Å². The Bertz CT molecular complexity index is 870. The molecular formula is C22H28ClN3O. The topological polar surface area (TPSA) is 38.1 Å². The van der Waals surface area contributed by atoms with Gasteiger partial charge in [-0.2, -0.15) is 0 Å². The third-order valence-electron chi connectivity index (χ3n) is 6.38. The average molecular weight is 386 g/mol. The van der Waals surface area contributed by atoms with E-state index in [4.69, 9.17) is 11.6 Å². The summed E-state index contributed by atoms with van der Waals surface area (Å²) < 4.78 is 2.24. The van der Waals surface area contributed by atoms with Crippen molar-refractivity contribution >= 4 is 17.5 Å². The molecule has 5 heteroatoms. The molecule has 2 aliphatic rings. The molecule has 4 rings (SSSR count). The number of benzene rings is 1. The van der Waals surface area contributed by atoms with E-state index < -0.39 is 0 Å². The monoisotopic (exact) mass is 385 g/mol. The third-order valence-corrected chi connectivity index (χ3v) is 6.61. The number of nitrogens with zero attached hydrogens (tertiary/aromatic N) is 3. The van der Waals surface area contributed by atoms with Crippen molar-refractivity contribution in [3.63, 3.8) is 0 Å². The number of carbonyl (C=O) groups excluding carboxylic acids is 1. The van der Waals surface area contributed by atoms with Crippen LogP contribution in [-0.2, 0) is 36.1 Å². The van der Waals surface area contributed by atoms with Gasteiger partial charge in [0.1, 0.15) is 11.7 Å². The van der Waals surface area contributed by atoms with Gasteiger partial charge >= 0.3 is 0 Å². The minimum absolute atomic E-state index is 0.0173. The average Bonchev–Trinajstić information content (AvgIpc) is 3.18. The summed E-state index contributed by atoms with van der Waals surface area (Å²) in [6, 6.07) is 6.92. The highest BCUT2D eigenvalue weighted by molar-refractivity contribution is 6.27. The van der Waals surface area contributed by atoms with Crippen molar-refractivity contribution in [2.24, 2.45) is 0 Å². The Kier molecular flexibility index (Phi) is 4.79. The number of hydrogen-bond donors (Lipinski definition) is 0. The van der Waals surface area contributed by atoms with Crippen LogP contribution in [0.5, 0.6) is 0 Å². The zero-order valence-corrected chi connectivity index (χ0v) is 17.2. The summed E-state index contributed by atoms with van der Waals surface area (Å²) in [5, 5.41) is 0. The summed E-state index contributed by atoms with van der Waals surface area (Å²) in [4.78, 5) is 19.1. The van der Waals surface area contributed by atoms with Crippen molar-refractivity contribution in [3.05, 3.63) is 52.6 Å². The Morgan fingerprint density at radius 1 is 1.37 bits per heavy atom. The Hall–Kier alpha value is -1.81. The molecule has 0 N–H and O–H groups in total. The van der Waals surface area contributed by atoms with Gasteiger partial charge in [0.25, 0.3) is 0 Å². The number of imidazole rings is 1. The van der Waals surface area contributed by atoms with Crippen LogP contribution in [0.2, 0.25) is 0 Å². The third kappa shape index (κ3) is 3.40. The molecular weight excluding hydrogens is 358 g/mol. The van der Waals surface area contributed by atoms with Crippen LogP contribution < -0.4 is 0 Å². The first kappa shape index (κ1) is 18.5. The highest BCUT2D eigenvalue weighted by Crippen LogP contribution is 2.38. The van der Waals surface area contributed by atoms with E-state index in [1.807, 2.05) is 11.1 Å². The molecule has 144 valence electrons. The molecule has 0 saturated carbocycles. The minimum Gasteiger partial charge on any atom is -0.333 e. The van der Waals surface area contributed by atoms with Crippen molar-refractivity contribution in [1.82, 2.24) is 14.5 Å². The quantitative estimate of drug-likeness (QED) is 0.746. The molecule has 1 aliphatic heterocycles. The Morgan fingerprint density at radius 2 is 2.19 bits per heavy atom. The van der Waals surface area contributed by atoms with E-state index >= 15 is 0 Å². The first-order valence-electron chi connectivity index (χ1n) is 9.88. The molecule has 1 atom stereocenters. The van der Waals surface area contributed by atoms with Crippen LogP contribution in [0, 0.1) is 6.92 Å². The fourth-order valence-corrected chi connectivity index (χ4v) is 4.85. The number of aromatic nitrogens is 2. The van der Waals surface area contributed by atoms with Crippen molar-refractivity contribution in [1.29, 1.82) is 0 Å². The van der Waals surface area contributed by atoms with E-state index in [1.54, 1.807) is 0 Å². The van der Waals surface area contributed by atoms with Crippen molar-refractivity contribution < 1.29 is 4.79 Å². The summed E-state index contributed by atoms with van der Waals surface area (Å²) in [6.45, 7) is 8.15. The molecule has 0 saturated heterocycles. The maximum absolute atomic E-state index is 12.7. The lowest BCUT2D eigenvalue weighted by atomic mass is 9.86. The molecule has 2 heterocycles. The van der Waals surface area contributed by atoms with E-state index in [0.717, 1.165) is 37.3 Å². The molecule has 1 aromatic carbocycles. The fraction of sp³-hybridized carbons (Fsp3) is 0.545. The number of amides is 1. The molecule has 0 radical (unpaired) electrons. The number of rotatable bonds is 4. The minimum atomic E-state index is 0.0173. The Morgan fingerprint density at radius 3 is 2.96 bits per heavy atom. The smallest absolute Gasteiger partial charge is 0.238 e. The Balaban J connectivity index is 1.57. The molecule has 4 nitrogen and oxygen atoms in total. The molecule has 0 spiro atoms. The molecule has 1 unspecified atom stereocenters. The molecule has 0 bridgehead atoms. The maximum Gasteiger partial charge on any atom is 0.238 e. The van der Waals surface area contributed by atoms with Gasteiger partial charge in [0.15, 0.2) is 0 Å². The summed E-state index contributed by atoms with van der Waals surface area (Å²) in [5.41, 5.74) is 5.52. The molecule has 1 aliphatic carbocycles. The summed E-state index contributed by atoms with van der Waals surface area (Å²) in [5.74, 6) is 1.18. The SMILES string of the molecule is Cc1cnc2n1CC(N(Cc1ccc3c(c1)CCC3(C)C)C(=O)CCl)CC2. The second-order valence-corrected chi connectivity index (χ2v) is 8.92. The number of hydrogen-bond acceptors (Lipinski definition) is 2. The van der Waals surface area contributed by atoms with E-state index in [-0.39, 0.29) is 23.2 Å². The first-order valence-corrected chi connectivity index (χ1v) is 10.4. The van der Waals surface area contributed by atoms with Crippen LogP contribution in [0.3, 0.4) is 0 Å². The predicted molar refractivity (Wildman–Crippen MR) is 108 cm³/mol. The lowest BCUT2D eigenvalue weighted by Crippen LogP contribution is -2.45. The lowest BCUT2D eigenvalue weighted by Gasteiger charge is -2.35. The number of fused-ring (bicyclic) bond motifs is 2. The fourth-order valence-electron chi connectivity index (χ4n) is 4.70. The number of alkyl halides is 1. The standard InChI is InChI=1S/C22H28ClN3O/c1-15-12-24-20-7-5-18(14-25(15)20)26(21(27)11-23)13-16-4-6-19-17(10-16)8-9-22(19,2)3/h4,6,10,12,18H,5,7-9,11,13-14H2,1-3H3. The molecule has 27 heavy (non-hydrogen) atoms. The van der Waals surface area contributed by atoms with Crippen LogP contribution >= 0.6 is 11.6 Å². The second-order valence-electron chi connectivity index (χ2n) is 8.65. The van der Waals surface area contributed by atoms with Crippen LogP contribution in [0.4, 0.5) is 0 Å². The summed E-state index contributed by atoms with van der Waals surface area (Å²) >= 11 is 5.96. The van der Waals surface area contributed by atoms with Gasteiger partial charge in [-0.3, -0.25) is 4.79 Å². The van der Waals surface area contributed by atoms with E-state index in [2.05, 4.69) is 48.5 Å². The normalized spacial score (nSPS) is 20.2. The van der Waals surface area contributed by atoms with E-state index in [9.17, 15) is 4.79 Å². The predicted octanol–water partition coefficient (Wildman–Crippen LogP) is 4.00. The van der Waals surface area contributed by atoms with Gasteiger partial charge < -0.3 is 9.47 Å². The zero-order valence-electron chi connectivity index (χ0n) is 16.5. The Labute approximate surface area is 166 Å². The second kappa shape index (κ2) is 6.97. The molecule has 0 fully saturated rings. The molecule has 2 aromatic rings. The van der Waals surface area contributed by atoms with Crippen LogP contribution in [0.1, 0.15) is 54.9 Å². The lowest BCUT2D eigenvalue weighted by molar-refractivity contribution is -0.132. The van der Waals surface area contributed by atoms with E-state index in [0.29, 0.717) is 6.54 Å². The van der Waals surface area contributed by atoms with Gasteiger partial charge in [0, 0.05) is 31.4 Å². The maximum atomic E-state index is 12.7. The van der Waals surface area contributed by atoms with Gasteiger partial charge in [-0.05, 0) is 48.3 Å². The number of halogens is 1. The van der Waals surface area contributed by atoms with Crippen molar-refractivity contribution in [2.75, 3.05) is 5.88 Å². The van der Waals surface area contributed by atoms with Gasteiger partial charge in [-0.15, -0.1) is 11.6 Å². The molecule has 1 amide bonds. The van der Waals surface area contributed by atoms with Crippen molar-refractivity contribution in [2.45, 2.75) is 71.0 Å². The van der Waals surface area contributed by atoms with Gasteiger partial charge in [-0.1, -0.05) is 32.0 Å². The first-order chi connectivity index (χ1) is 12.9. The van der Waals surface area contributed by atoms with Crippen LogP contribution in [0.15, 0.2) is 24.4 Å². The summed E-state index contributed by atoms with van der Waals surface area (Å²) in [6.07, 6.45) is 6.09. The van der Waals surface area contributed by atoms with Crippen LogP contribution in [-0.4, -0.2) is 32.3 Å².